The Morgan fingerprint density at radius 2 is 1.33 bits per heavy atom. The van der Waals surface area contributed by atoms with Gasteiger partial charge in [-0.1, -0.05) is 62.0 Å². The van der Waals surface area contributed by atoms with Crippen molar-refractivity contribution in [3.63, 3.8) is 0 Å². The molecule has 2 heteroatoms. The van der Waals surface area contributed by atoms with Gasteiger partial charge in [-0.15, -0.1) is 0 Å². The monoisotopic (exact) mass is 349 g/mol. The van der Waals surface area contributed by atoms with Crippen LogP contribution in [0, 0.1) is 0 Å². The summed E-state index contributed by atoms with van der Waals surface area (Å²) in [6.07, 6.45) is 1.19. The van der Waals surface area contributed by atoms with Gasteiger partial charge < -0.3 is 0 Å². The van der Waals surface area contributed by atoms with Gasteiger partial charge in [-0.25, -0.2) is 0 Å². The van der Waals surface area contributed by atoms with Gasteiger partial charge in [0.05, 0.1) is 9.79 Å². The molecule has 1 heterocycles. The Morgan fingerprint density at radius 1 is 0.792 bits per heavy atom. The second-order valence-electron chi connectivity index (χ2n) is 6.18. The molecular formula is C22H21S2+. The fraction of sp³-hybridized carbons (Fsp3) is 0.182. The van der Waals surface area contributed by atoms with Crippen LogP contribution in [-0.2, 0) is 10.9 Å². The maximum atomic E-state index is 2.34. The first-order valence-electron chi connectivity index (χ1n) is 8.48. The molecule has 4 rings (SSSR count). The number of rotatable bonds is 3. The molecule has 120 valence electrons. The SMILES string of the molecule is CCC(C)c1ccc([S+]2c3ccccc3Sc3ccccc32)cc1. The third-order valence-corrected chi connectivity index (χ3v) is 8.40. The van der Waals surface area contributed by atoms with E-state index in [9.17, 15) is 0 Å². The van der Waals surface area contributed by atoms with E-state index >= 15 is 0 Å². The maximum Gasteiger partial charge on any atom is 0.180 e. The predicted octanol–water partition coefficient (Wildman–Crippen LogP) is 6.76. The van der Waals surface area contributed by atoms with Crippen molar-refractivity contribution in [3.05, 3.63) is 78.4 Å². The van der Waals surface area contributed by atoms with Crippen LogP contribution in [0.1, 0.15) is 31.7 Å². The zero-order valence-electron chi connectivity index (χ0n) is 14.0. The third-order valence-electron chi connectivity index (χ3n) is 4.66. The van der Waals surface area contributed by atoms with Crippen LogP contribution in [0.3, 0.4) is 0 Å². The van der Waals surface area contributed by atoms with E-state index in [1.54, 1.807) is 0 Å². The lowest BCUT2D eigenvalue weighted by atomic mass is 9.99. The van der Waals surface area contributed by atoms with Crippen LogP contribution in [0.25, 0.3) is 0 Å². The van der Waals surface area contributed by atoms with Crippen LogP contribution in [0.2, 0.25) is 0 Å². The molecule has 0 aliphatic carbocycles. The normalized spacial score (nSPS) is 14.8. The molecule has 0 amide bonds. The quantitative estimate of drug-likeness (QED) is 0.368. The van der Waals surface area contributed by atoms with Crippen molar-refractivity contribution in [1.82, 2.24) is 0 Å². The van der Waals surface area contributed by atoms with Gasteiger partial charge in [0, 0.05) is 0 Å². The largest absolute Gasteiger partial charge is 0.180 e. The van der Waals surface area contributed by atoms with Crippen molar-refractivity contribution in [2.24, 2.45) is 0 Å². The average molecular weight is 350 g/mol. The third kappa shape index (κ3) is 2.78. The van der Waals surface area contributed by atoms with Gasteiger partial charge in [-0.2, -0.15) is 0 Å². The van der Waals surface area contributed by atoms with E-state index < -0.39 is 0 Å². The number of benzene rings is 3. The molecule has 1 atom stereocenters. The highest BCUT2D eigenvalue weighted by atomic mass is 32.2. The highest BCUT2D eigenvalue weighted by Gasteiger charge is 2.37. The second kappa shape index (κ2) is 6.70. The minimum atomic E-state index is -0.00220. The summed E-state index contributed by atoms with van der Waals surface area (Å²) >= 11 is 1.90. The smallest absolute Gasteiger partial charge is 0.0795 e. The van der Waals surface area contributed by atoms with E-state index in [1.807, 2.05) is 11.8 Å². The minimum Gasteiger partial charge on any atom is -0.0795 e. The predicted molar refractivity (Wildman–Crippen MR) is 104 cm³/mol. The van der Waals surface area contributed by atoms with E-state index in [0.29, 0.717) is 5.92 Å². The van der Waals surface area contributed by atoms with Gasteiger partial charge in [0.25, 0.3) is 0 Å². The summed E-state index contributed by atoms with van der Waals surface area (Å²) in [5.74, 6) is 0.629. The van der Waals surface area contributed by atoms with Crippen LogP contribution in [0.5, 0.6) is 0 Å². The Bertz CT molecular complexity index is 806. The Hall–Kier alpha value is -1.64. The Balaban J connectivity index is 1.83. The number of hydrogen-bond acceptors (Lipinski definition) is 1. The van der Waals surface area contributed by atoms with Gasteiger partial charge in [0.15, 0.2) is 14.7 Å². The minimum absolute atomic E-state index is 0.00220. The summed E-state index contributed by atoms with van der Waals surface area (Å²) < 4.78 is 0. The van der Waals surface area contributed by atoms with Gasteiger partial charge in [0.2, 0.25) is 0 Å². The van der Waals surface area contributed by atoms with Crippen LogP contribution in [0.15, 0.2) is 97.3 Å². The first-order chi connectivity index (χ1) is 11.8. The molecule has 0 saturated carbocycles. The lowest BCUT2D eigenvalue weighted by Crippen LogP contribution is -2.11. The molecule has 0 nitrogen and oxygen atoms in total. The fourth-order valence-corrected chi connectivity index (χ4v) is 6.80. The zero-order chi connectivity index (χ0) is 16.5. The molecule has 3 aromatic rings. The Kier molecular flexibility index (Phi) is 4.43. The standard InChI is InChI=1S/C22H21S2/c1-3-16(2)17-12-14-18(15-13-17)24-21-10-6-4-8-19(21)23-20-9-5-7-11-22(20)24/h4-16H,3H2,1-2H3/q+1. The topological polar surface area (TPSA) is 0 Å². The fourth-order valence-electron chi connectivity index (χ4n) is 3.07. The zero-order valence-corrected chi connectivity index (χ0v) is 15.7. The molecule has 0 N–H and O–H groups in total. The Labute approximate surface area is 151 Å². The lowest BCUT2D eigenvalue weighted by molar-refractivity contribution is 0.733. The lowest BCUT2D eigenvalue weighted by Gasteiger charge is -2.19. The molecular weight excluding hydrogens is 328 g/mol. The van der Waals surface area contributed by atoms with Crippen LogP contribution in [-0.4, -0.2) is 0 Å². The summed E-state index contributed by atoms with van der Waals surface area (Å²) in [6, 6.07) is 27.1. The number of fused-ring (bicyclic) bond motifs is 2. The van der Waals surface area contributed by atoms with E-state index in [-0.39, 0.29) is 10.9 Å². The average Bonchev–Trinajstić information content (AvgIpc) is 2.65. The summed E-state index contributed by atoms with van der Waals surface area (Å²) in [6.45, 7) is 4.56. The molecule has 0 saturated heterocycles. The molecule has 0 bridgehead atoms. The first-order valence-corrected chi connectivity index (χ1v) is 10.5. The van der Waals surface area contributed by atoms with Crippen molar-refractivity contribution in [2.75, 3.05) is 0 Å². The maximum absolute atomic E-state index is 2.34. The molecule has 24 heavy (non-hydrogen) atoms. The van der Waals surface area contributed by atoms with Crippen LogP contribution < -0.4 is 0 Å². The van der Waals surface area contributed by atoms with Crippen molar-refractivity contribution < 1.29 is 0 Å². The van der Waals surface area contributed by atoms with Crippen molar-refractivity contribution in [1.29, 1.82) is 0 Å². The number of hydrogen-bond donors (Lipinski definition) is 0. The van der Waals surface area contributed by atoms with Crippen molar-refractivity contribution in [3.8, 4) is 0 Å². The van der Waals surface area contributed by atoms with Gasteiger partial charge >= 0.3 is 0 Å². The molecule has 0 radical (unpaired) electrons. The van der Waals surface area contributed by atoms with E-state index in [1.165, 1.54) is 36.5 Å². The molecule has 1 unspecified atom stereocenters. The van der Waals surface area contributed by atoms with Crippen molar-refractivity contribution >= 4 is 22.7 Å². The summed E-state index contributed by atoms with van der Waals surface area (Å²) in [5, 5.41) is 0. The summed E-state index contributed by atoms with van der Waals surface area (Å²) in [5.41, 5.74) is 1.44. The second-order valence-corrected chi connectivity index (χ2v) is 9.23. The summed E-state index contributed by atoms with van der Waals surface area (Å²) in [7, 11) is -0.00220. The highest BCUT2D eigenvalue weighted by molar-refractivity contribution is 8.04. The molecule has 0 fully saturated rings. The van der Waals surface area contributed by atoms with Gasteiger partial charge in [0.1, 0.15) is 10.9 Å². The first kappa shape index (κ1) is 15.9. The van der Waals surface area contributed by atoms with Gasteiger partial charge in [-0.05, 0) is 54.3 Å². The van der Waals surface area contributed by atoms with E-state index in [2.05, 4.69) is 86.6 Å². The molecule has 1 aliphatic rings. The van der Waals surface area contributed by atoms with Crippen molar-refractivity contribution in [2.45, 2.75) is 50.7 Å². The molecule has 0 spiro atoms. The Morgan fingerprint density at radius 3 is 1.88 bits per heavy atom. The summed E-state index contributed by atoms with van der Waals surface area (Å²) in [4.78, 5) is 7.12. The van der Waals surface area contributed by atoms with Crippen LogP contribution in [0.4, 0.5) is 0 Å². The molecule has 0 aromatic heterocycles. The molecule has 3 aromatic carbocycles. The van der Waals surface area contributed by atoms with E-state index in [4.69, 9.17) is 0 Å². The van der Waals surface area contributed by atoms with E-state index in [0.717, 1.165) is 0 Å². The molecule has 1 aliphatic heterocycles. The van der Waals surface area contributed by atoms with Crippen LogP contribution >= 0.6 is 11.8 Å². The highest BCUT2D eigenvalue weighted by Crippen LogP contribution is 2.48. The van der Waals surface area contributed by atoms with Gasteiger partial charge in [-0.3, -0.25) is 0 Å².